The molecule has 38 heavy (non-hydrogen) atoms. The Kier molecular flexibility index (Phi) is 12.1. The van der Waals surface area contributed by atoms with Crippen molar-refractivity contribution in [1.29, 1.82) is 0 Å². The van der Waals surface area contributed by atoms with Gasteiger partial charge in [0.2, 0.25) is 0 Å². The summed E-state index contributed by atoms with van der Waals surface area (Å²) in [6.07, 6.45) is 7.90. The second-order valence-corrected chi connectivity index (χ2v) is 11.1. The molecule has 0 amide bonds. The first kappa shape index (κ1) is 29.6. The molecule has 2 fully saturated rings. The summed E-state index contributed by atoms with van der Waals surface area (Å²) in [6.45, 7) is 6.97. The lowest BCUT2D eigenvalue weighted by Crippen LogP contribution is -2.59. The quantitative estimate of drug-likeness (QED) is 0.239. The predicted octanol–water partition coefficient (Wildman–Crippen LogP) is 3.37. The third-order valence-corrected chi connectivity index (χ3v) is 8.70. The van der Waals surface area contributed by atoms with Crippen LogP contribution in [0.4, 0.5) is 5.69 Å². The summed E-state index contributed by atoms with van der Waals surface area (Å²) < 4.78 is 26.9. The van der Waals surface area contributed by atoms with Crippen molar-refractivity contribution in [2.45, 2.75) is 50.0 Å². The highest BCUT2D eigenvalue weighted by molar-refractivity contribution is 7.80. The number of thiocarbonyl (C=S) groups is 1. The molecule has 2 aliphatic carbocycles. The number of hydrogen-bond donors (Lipinski definition) is 2. The molecule has 1 aliphatic heterocycles. The van der Waals surface area contributed by atoms with E-state index in [1.165, 1.54) is 45.1 Å². The maximum atomic E-state index is 5.65. The fraction of sp³-hybridized carbons (Fsp3) is 0.759. The first-order valence-corrected chi connectivity index (χ1v) is 14.7. The number of methoxy groups -OCH3 is 1. The Bertz CT molecular complexity index is 875. The Hall–Kier alpha value is -1.33. The van der Waals surface area contributed by atoms with E-state index < -0.39 is 0 Å². The maximum absolute atomic E-state index is 5.65. The van der Waals surface area contributed by atoms with Crippen molar-refractivity contribution in [3.8, 4) is 0 Å². The molecule has 0 unspecified atom stereocenters. The van der Waals surface area contributed by atoms with Crippen molar-refractivity contribution in [1.82, 2.24) is 10.2 Å². The van der Waals surface area contributed by atoms with Crippen molar-refractivity contribution in [2.75, 3.05) is 92.0 Å². The van der Waals surface area contributed by atoms with Gasteiger partial charge in [0.05, 0.1) is 59.5 Å². The van der Waals surface area contributed by atoms with Crippen LogP contribution >= 0.6 is 12.2 Å². The number of fused-ring (bicyclic) bond motifs is 1. The third kappa shape index (κ3) is 7.87. The molecule has 1 heterocycles. The lowest BCUT2D eigenvalue weighted by molar-refractivity contribution is -0.00732. The van der Waals surface area contributed by atoms with Gasteiger partial charge < -0.3 is 39.2 Å². The van der Waals surface area contributed by atoms with Crippen LogP contribution < -0.4 is 10.6 Å². The van der Waals surface area contributed by atoms with Crippen LogP contribution in [-0.2, 0) is 35.5 Å². The normalized spacial score (nSPS) is 24.5. The van der Waals surface area contributed by atoms with Crippen LogP contribution in [0.15, 0.2) is 18.2 Å². The molecule has 2 N–H and O–H groups in total. The van der Waals surface area contributed by atoms with Gasteiger partial charge in [-0.3, -0.25) is 0 Å². The molecule has 8 nitrogen and oxygen atoms in total. The van der Waals surface area contributed by atoms with E-state index in [1.54, 1.807) is 18.2 Å². The van der Waals surface area contributed by atoms with E-state index in [0.717, 1.165) is 11.6 Å². The molecule has 9 heteroatoms. The summed E-state index contributed by atoms with van der Waals surface area (Å²) in [4.78, 5) is 2.62. The molecule has 3 aliphatic rings. The highest BCUT2D eigenvalue weighted by atomic mass is 32.1. The Morgan fingerprint density at radius 1 is 0.947 bits per heavy atom. The predicted molar refractivity (Wildman–Crippen MR) is 154 cm³/mol. The Labute approximate surface area is 234 Å². The van der Waals surface area contributed by atoms with E-state index >= 15 is 0 Å². The Morgan fingerprint density at radius 2 is 1.63 bits per heavy atom. The van der Waals surface area contributed by atoms with Crippen LogP contribution in [0.25, 0.3) is 0 Å². The molecule has 1 saturated carbocycles. The number of piperidine rings is 1. The fourth-order valence-electron chi connectivity index (χ4n) is 6.59. The molecule has 0 aromatic heterocycles. The summed E-state index contributed by atoms with van der Waals surface area (Å²) in [5, 5.41) is 7.33. The van der Waals surface area contributed by atoms with Gasteiger partial charge in [0.15, 0.2) is 5.11 Å². The number of nitrogens with one attached hydrogen (secondary N) is 2. The second-order valence-electron chi connectivity index (χ2n) is 10.7. The number of benzene rings is 1. The molecule has 0 spiro atoms. The largest absolute Gasteiger partial charge is 0.382 e. The zero-order valence-corrected chi connectivity index (χ0v) is 24.1. The van der Waals surface area contributed by atoms with Gasteiger partial charge in [0.1, 0.15) is 0 Å². The number of anilines is 1. The molecule has 4 rings (SSSR count). The molecule has 1 aromatic carbocycles. The molecule has 1 saturated heterocycles. The van der Waals surface area contributed by atoms with E-state index in [-0.39, 0.29) is 0 Å². The van der Waals surface area contributed by atoms with Gasteiger partial charge in [-0.25, -0.2) is 0 Å². The average molecular weight is 550 g/mol. The van der Waals surface area contributed by atoms with Gasteiger partial charge in [-0.05, 0) is 80.7 Å². The summed E-state index contributed by atoms with van der Waals surface area (Å²) in [6, 6.07) is 7.63. The van der Waals surface area contributed by atoms with Crippen LogP contribution in [-0.4, -0.2) is 103 Å². The minimum atomic E-state index is 0.357. The highest BCUT2D eigenvalue weighted by Gasteiger charge is 2.53. The van der Waals surface area contributed by atoms with Gasteiger partial charge in [-0.2, -0.15) is 0 Å². The molecular weight excluding hydrogens is 502 g/mol. The molecule has 0 radical (unpaired) electrons. The maximum Gasteiger partial charge on any atom is 0.170 e. The lowest BCUT2D eigenvalue weighted by Gasteiger charge is -2.58. The van der Waals surface area contributed by atoms with Crippen LogP contribution in [0.3, 0.4) is 0 Å². The minimum absolute atomic E-state index is 0.357. The van der Waals surface area contributed by atoms with Gasteiger partial charge in [-0.1, -0.05) is 18.9 Å². The van der Waals surface area contributed by atoms with Crippen molar-refractivity contribution in [2.24, 2.45) is 5.92 Å². The Morgan fingerprint density at radius 3 is 2.34 bits per heavy atom. The third-order valence-electron chi connectivity index (χ3n) is 8.45. The number of nitrogens with zero attached hydrogens (tertiary/aromatic N) is 1. The molecule has 1 aromatic rings. The fourth-order valence-corrected chi connectivity index (χ4v) is 6.81. The number of hydrogen-bond acceptors (Lipinski definition) is 7. The topological polar surface area (TPSA) is 73.5 Å². The van der Waals surface area contributed by atoms with Gasteiger partial charge in [-0.15, -0.1) is 0 Å². The van der Waals surface area contributed by atoms with Crippen LogP contribution in [0.5, 0.6) is 0 Å². The molecule has 3 atom stereocenters. The van der Waals surface area contributed by atoms with Crippen molar-refractivity contribution in [3.63, 3.8) is 0 Å². The van der Waals surface area contributed by atoms with Gasteiger partial charge in [0, 0.05) is 30.8 Å². The standard InChI is InChI=1S/C29H47N3O5S/c1-32-11-9-29-8-4-3-5-25(29)27(32)21-23-6-7-24(22-26(23)29)31-28(38)30-10-12-34-15-16-36-19-20-37-18-17-35-14-13-33-2/h6-7,22,25,27H,3-5,8-21H2,1-2H3,(H2,30,31,38)/t25-,27+,29+/m0/s1. The SMILES string of the molecule is COCCOCCOCCOCCOCCNC(=S)Nc1ccc2c(c1)[C@@]13CCCC[C@H]1[C@@H](C2)N(C)CC3. The van der Waals surface area contributed by atoms with Crippen LogP contribution in [0.2, 0.25) is 0 Å². The highest BCUT2D eigenvalue weighted by Crippen LogP contribution is 2.55. The number of likely N-dealkylation sites (tertiary alicyclic amines) is 1. The van der Waals surface area contributed by atoms with Crippen molar-refractivity contribution in [3.05, 3.63) is 29.3 Å². The zero-order valence-electron chi connectivity index (χ0n) is 23.3. The Balaban J connectivity index is 1.09. The lowest BCUT2D eigenvalue weighted by atomic mass is 9.52. The number of rotatable bonds is 16. The van der Waals surface area contributed by atoms with Crippen LogP contribution in [0.1, 0.15) is 43.2 Å². The minimum Gasteiger partial charge on any atom is -0.382 e. The van der Waals surface area contributed by atoms with Gasteiger partial charge >= 0.3 is 0 Å². The van der Waals surface area contributed by atoms with E-state index in [1.807, 2.05) is 0 Å². The van der Waals surface area contributed by atoms with E-state index in [2.05, 4.69) is 40.8 Å². The van der Waals surface area contributed by atoms with Crippen molar-refractivity contribution < 1.29 is 23.7 Å². The van der Waals surface area contributed by atoms with Gasteiger partial charge in [0.25, 0.3) is 0 Å². The molecular formula is C29H47N3O5S. The van der Waals surface area contributed by atoms with E-state index in [4.69, 9.17) is 35.9 Å². The molecule has 2 bridgehead atoms. The smallest absolute Gasteiger partial charge is 0.170 e. The second kappa shape index (κ2) is 15.5. The first-order valence-electron chi connectivity index (χ1n) is 14.3. The summed E-state index contributed by atoms with van der Waals surface area (Å²) in [7, 11) is 3.98. The van der Waals surface area contributed by atoms with Crippen LogP contribution in [0, 0.1) is 5.92 Å². The average Bonchev–Trinajstić information content (AvgIpc) is 2.93. The first-order chi connectivity index (χ1) is 18.6. The molecule has 214 valence electrons. The summed E-state index contributed by atoms with van der Waals surface area (Å²) >= 11 is 5.57. The monoisotopic (exact) mass is 549 g/mol. The summed E-state index contributed by atoms with van der Waals surface area (Å²) in [5.41, 5.74) is 4.58. The summed E-state index contributed by atoms with van der Waals surface area (Å²) in [5.74, 6) is 0.794. The number of likely N-dealkylation sites (N-methyl/N-ethyl adjacent to an activating group) is 1. The van der Waals surface area contributed by atoms with E-state index in [0.29, 0.717) is 82.6 Å². The number of ether oxygens (including phenoxy) is 5. The zero-order chi connectivity index (χ0) is 26.6. The van der Waals surface area contributed by atoms with E-state index in [9.17, 15) is 0 Å². The van der Waals surface area contributed by atoms with Crippen molar-refractivity contribution >= 4 is 23.0 Å².